The molecule has 19 heavy (non-hydrogen) atoms. The van der Waals surface area contributed by atoms with Gasteiger partial charge in [-0.1, -0.05) is 24.3 Å². The van der Waals surface area contributed by atoms with E-state index in [9.17, 15) is 4.79 Å². The van der Waals surface area contributed by atoms with Crippen LogP contribution in [0.1, 0.15) is 10.5 Å². The van der Waals surface area contributed by atoms with E-state index in [-0.39, 0.29) is 5.91 Å². The van der Waals surface area contributed by atoms with E-state index in [4.69, 9.17) is 0 Å². The van der Waals surface area contributed by atoms with Crippen molar-refractivity contribution in [2.45, 2.75) is 0 Å². The molecule has 4 nitrogen and oxygen atoms in total. The highest BCUT2D eigenvalue weighted by atomic mass is 32.2. The largest absolute Gasteiger partial charge is 0.290 e. The Bertz CT molecular complexity index is 622. The van der Waals surface area contributed by atoms with Crippen LogP contribution in [0.15, 0.2) is 41.5 Å². The van der Waals surface area contributed by atoms with Crippen LogP contribution in [0, 0.1) is 0 Å². The van der Waals surface area contributed by atoms with E-state index < -0.39 is 0 Å². The number of rotatable bonds is 2. The lowest BCUT2D eigenvalue weighted by atomic mass is 10.2. The summed E-state index contributed by atoms with van der Waals surface area (Å²) < 4.78 is 0.800. The fourth-order valence-electron chi connectivity index (χ4n) is 1.52. The number of amides is 1. The molecule has 0 saturated carbocycles. The van der Waals surface area contributed by atoms with Crippen molar-refractivity contribution in [3.63, 3.8) is 0 Å². The molecule has 0 radical (unpaired) electrons. The summed E-state index contributed by atoms with van der Waals surface area (Å²) in [6.07, 6.45) is 3.82. The summed E-state index contributed by atoms with van der Waals surface area (Å²) in [7, 11) is 0. The molecule has 0 aliphatic carbocycles. The van der Waals surface area contributed by atoms with E-state index in [0.717, 1.165) is 15.3 Å². The van der Waals surface area contributed by atoms with Gasteiger partial charge in [0, 0.05) is 5.39 Å². The van der Waals surface area contributed by atoms with Gasteiger partial charge in [-0.2, -0.15) is 5.10 Å². The zero-order valence-electron chi connectivity index (χ0n) is 10.6. The predicted octanol–water partition coefficient (Wildman–Crippen LogP) is 2.96. The maximum atomic E-state index is 11.9. The van der Waals surface area contributed by atoms with Crippen LogP contribution >= 0.6 is 23.5 Å². The van der Waals surface area contributed by atoms with Crippen molar-refractivity contribution >= 4 is 44.7 Å². The number of hydrogen-bond acceptors (Lipinski definition) is 5. The standard InChI is InChI=1S/C13H13N3OS2/c1-18-13(19-2)16-15-12(17)11-8-7-9-5-3-4-6-10(9)14-11/h3-8H,1-2H3,(H,15,17). The van der Waals surface area contributed by atoms with E-state index >= 15 is 0 Å². The maximum absolute atomic E-state index is 11.9. The molecule has 0 bridgehead atoms. The van der Waals surface area contributed by atoms with Crippen LogP contribution in [-0.2, 0) is 0 Å². The summed E-state index contributed by atoms with van der Waals surface area (Å²) in [6, 6.07) is 11.3. The lowest BCUT2D eigenvalue weighted by Crippen LogP contribution is -2.19. The summed E-state index contributed by atoms with van der Waals surface area (Å²) in [6.45, 7) is 0. The summed E-state index contributed by atoms with van der Waals surface area (Å²) in [5, 5.41) is 5.03. The minimum Gasteiger partial charge on any atom is -0.266 e. The second kappa shape index (κ2) is 6.58. The number of nitrogens with zero attached hydrogens (tertiary/aromatic N) is 2. The fraction of sp³-hybridized carbons (Fsp3) is 0.154. The Kier molecular flexibility index (Phi) is 4.81. The lowest BCUT2D eigenvalue weighted by Gasteiger charge is -2.03. The second-order valence-corrected chi connectivity index (χ2v) is 5.46. The Balaban J connectivity index is 2.19. The first-order chi connectivity index (χ1) is 9.24. The van der Waals surface area contributed by atoms with Crippen molar-refractivity contribution in [3.8, 4) is 0 Å². The highest BCUT2D eigenvalue weighted by Gasteiger charge is 2.07. The Morgan fingerprint density at radius 2 is 1.89 bits per heavy atom. The molecule has 1 N–H and O–H groups in total. The minimum absolute atomic E-state index is 0.300. The van der Waals surface area contributed by atoms with Crippen molar-refractivity contribution in [3.05, 3.63) is 42.1 Å². The van der Waals surface area contributed by atoms with Crippen LogP contribution in [-0.4, -0.2) is 27.8 Å². The third kappa shape index (κ3) is 3.48. The monoisotopic (exact) mass is 291 g/mol. The topological polar surface area (TPSA) is 54.4 Å². The number of para-hydroxylation sites is 1. The first-order valence-electron chi connectivity index (χ1n) is 5.56. The molecule has 2 aromatic rings. The molecule has 0 atom stereocenters. The van der Waals surface area contributed by atoms with E-state index in [1.165, 1.54) is 23.5 Å². The van der Waals surface area contributed by atoms with Gasteiger partial charge >= 0.3 is 0 Å². The molecule has 98 valence electrons. The number of carbonyl (C=O) groups is 1. The van der Waals surface area contributed by atoms with Crippen molar-refractivity contribution in [1.82, 2.24) is 10.4 Å². The van der Waals surface area contributed by atoms with Gasteiger partial charge in [0.15, 0.2) is 0 Å². The zero-order chi connectivity index (χ0) is 13.7. The molecule has 1 heterocycles. The van der Waals surface area contributed by atoms with Gasteiger partial charge in [-0.25, -0.2) is 10.4 Å². The van der Waals surface area contributed by atoms with Crippen molar-refractivity contribution < 1.29 is 4.79 Å². The van der Waals surface area contributed by atoms with Gasteiger partial charge in [-0.15, -0.1) is 23.5 Å². The van der Waals surface area contributed by atoms with Gasteiger partial charge in [0.25, 0.3) is 5.91 Å². The van der Waals surface area contributed by atoms with Gasteiger partial charge in [0.05, 0.1) is 5.52 Å². The van der Waals surface area contributed by atoms with Gasteiger partial charge in [-0.05, 0) is 24.6 Å². The number of hydrazone groups is 1. The quantitative estimate of drug-likeness (QED) is 0.525. The molecule has 0 fully saturated rings. The van der Waals surface area contributed by atoms with Crippen molar-refractivity contribution in [2.75, 3.05) is 12.5 Å². The molecule has 1 aromatic carbocycles. The molecule has 1 amide bonds. The van der Waals surface area contributed by atoms with Crippen molar-refractivity contribution in [2.24, 2.45) is 5.10 Å². The SMILES string of the molecule is CSC(=NNC(=O)c1ccc2ccccc2n1)SC. The van der Waals surface area contributed by atoms with E-state index in [0.29, 0.717) is 5.69 Å². The molecular weight excluding hydrogens is 278 g/mol. The summed E-state index contributed by atoms with van der Waals surface area (Å²) >= 11 is 2.97. The molecular formula is C13H13N3OS2. The van der Waals surface area contributed by atoms with Gasteiger partial charge in [0.1, 0.15) is 10.1 Å². The van der Waals surface area contributed by atoms with Crippen LogP contribution in [0.3, 0.4) is 0 Å². The van der Waals surface area contributed by atoms with Crippen LogP contribution in [0.5, 0.6) is 0 Å². The number of hydrogen-bond donors (Lipinski definition) is 1. The molecule has 2 rings (SSSR count). The van der Waals surface area contributed by atoms with Crippen LogP contribution in [0.25, 0.3) is 10.9 Å². The lowest BCUT2D eigenvalue weighted by molar-refractivity contribution is 0.0950. The number of thioether (sulfide) groups is 2. The summed E-state index contributed by atoms with van der Waals surface area (Å²) in [5.74, 6) is -0.300. The van der Waals surface area contributed by atoms with Crippen LogP contribution < -0.4 is 5.43 Å². The Morgan fingerprint density at radius 3 is 2.63 bits per heavy atom. The third-order valence-corrected chi connectivity index (χ3v) is 4.31. The predicted molar refractivity (Wildman–Crippen MR) is 83.7 cm³/mol. The first kappa shape index (κ1) is 13.9. The number of fused-ring (bicyclic) bond motifs is 1. The van der Waals surface area contributed by atoms with E-state index in [2.05, 4.69) is 15.5 Å². The molecule has 0 saturated heterocycles. The summed E-state index contributed by atoms with van der Waals surface area (Å²) in [5.41, 5.74) is 3.68. The van der Waals surface area contributed by atoms with Crippen LogP contribution in [0.2, 0.25) is 0 Å². The van der Waals surface area contributed by atoms with Gasteiger partial charge in [-0.3, -0.25) is 4.79 Å². The highest BCUT2D eigenvalue weighted by Crippen LogP contribution is 2.12. The second-order valence-electron chi connectivity index (χ2n) is 3.62. The smallest absolute Gasteiger partial charge is 0.266 e. The average molecular weight is 291 g/mol. The maximum Gasteiger partial charge on any atom is 0.290 e. The molecule has 1 aromatic heterocycles. The normalized spacial score (nSPS) is 10.2. The molecule has 0 aliphatic rings. The van der Waals surface area contributed by atoms with Gasteiger partial charge < -0.3 is 0 Å². The van der Waals surface area contributed by atoms with Crippen molar-refractivity contribution in [1.29, 1.82) is 0 Å². The van der Waals surface area contributed by atoms with E-state index in [1.54, 1.807) is 6.07 Å². The molecule has 0 unspecified atom stereocenters. The average Bonchev–Trinajstić information content (AvgIpc) is 2.47. The number of carbonyl (C=O) groups excluding carboxylic acids is 1. The summed E-state index contributed by atoms with van der Waals surface area (Å²) in [4.78, 5) is 16.2. The minimum atomic E-state index is -0.300. The Hall–Kier alpha value is -1.53. The highest BCUT2D eigenvalue weighted by molar-refractivity contribution is 8.38. The Morgan fingerprint density at radius 1 is 1.16 bits per heavy atom. The number of pyridine rings is 1. The van der Waals surface area contributed by atoms with E-state index in [1.807, 2.05) is 42.8 Å². The number of benzene rings is 1. The van der Waals surface area contributed by atoms with Gasteiger partial charge in [0.2, 0.25) is 0 Å². The first-order valence-corrected chi connectivity index (χ1v) is 8.01. The fourth-order valence-corrected chi connectivity index (χ4v) is 2.46. The number of aromatic nitrogens is 1. The third-order valence-electron chi connectivity index (χ3n) is 2.43. The molecule has 0 spiro atoms. The molecule has 6 heteroatoms. The van der Waals surface area contributed by atoms with Crippen LogP contribution in [0.4, 0.5) is 0 Å². The molecule has 0 aliphatic heterocycles. The zero-order valence-corrected chi connectivity index (χ0v) is 12.2. The number of nitrogens with one attached hydrogen (secondary N) is 1. The Labute approximate surface area is 120 Å².